The van der Waals surface area contributed by atoms with Crippen molar-refractivity contribution in [3.8, 4) is 5.75 Å². The van der Waals surface area contributed by atoms with Crippen LogP contribution < -0.4 is 15.0 Å². The molecule has 0 aliphatic carbocycles. The van der Waals surface area contributed by atoms with Crippen molar-refractivity contribution in [2.75, 3.05) is 16.8 Å². The summed E-state index contributed by atoms with van der Waals surface area (Å²) in [4.78, 5) is 11.3. The predicted octanol–water partition coefficient (Wildman–Crippen LogP) is 5.49. The van der Waals surface area contributed by atoms with Crippen LogP contribution in [0.2, 0.25) is 0 Å². The van der Waals surface area contributed by atoms with Crippen molar-refractivity contribution in [1.82, 2.24) is 9.97 Å². The van der Waals surface area contributed by atoms with Gasteiger partial charge in [-0.05, 0) is 53.9 Å². The van der Waals surface area contributed by atoms with Crippen LogP contribution in [-0.2, 0) is 13.0 Å². The van der Waals surface area contributed by atoms with Gasteiger partial charge in [-0.25, -0.2) is 4.98 Å². The molecule has 1 aliphatic heterocycles. The average Bonchev–Trinajstić information content (AvgIpc) is 3.24. The van der Waals surface area contributed by atoms with Gasteiger partial charge in [0.25, 0.3) is 0 Å². The van der Waals surface area contributed by atoms with Gasteiger partial charge >= 0.3 is 0 Å². The molecule has 0 saturated heterocycles. The number of para-hydroxylation sites is 1. The number of nitrogens with zero attached hydrogens (tertiary/aromatic N) is 3. The van der Waals surface area contributed by atoms with Crippen LogP contribution in [0.25, 0.3) is 0 Å². The Morgan fingerprint density at radius 3 is 2.53 bits per heavy atom. The molecule has 2 heterocycles. The first-order valence-corrected chi connectivity index (χ1v) is 10.1. The lowest BCUT2D eigenvalue weighted by Crippen LogP contribution is -2.15. The highest BCUT2D eigenvalue weighted by Crippen LogP contribution is 2.33. The van der Waals surface area contributed by atoms with Gasteiger partial charge in [0.2, 0.25) is 5.95 Å². The molecular weight excluding hydrogens is 372 g/mol. The second-order valence-electron chi connectivity index (χ2n) is 7.19. The molecular formula is C25H22N4O. The summed E-state index contributed by atoms with van der Waals surface area (Å²) in [5.74, 6) is 2.31. The summed E-state index contributed by atoms with van der Waals surface area (Å²) >= 11 is 0. The van der Waals surface area contributed by atoms with Crippen molar-refractivity contribution in [2.45, 2.75) is 13.0 Å². The lowest BCUT2D eigenvalue weighted by Gasteiger charge is -2.18. The lowest BCUT2D eigenvalue weighted by atomic mass is 10.2. The molecule has 1 aliphatic rings. The van der Waals surface area contributed by atoms with Crippen molar-refractivity contribution in [1.29, 1.82) is 0 Å². The van der Waals surface area contributed by atoms with Gasteiger partial charge in [0.05, 0.1) is 0 Å². The molecule has 1 aromatic heterocycles. The second-order valence-corrected chi connectivity index (χ2v) is 7.19. The number of ether oxygens (including phenoxy) is 1. The Kier molecular flexibility index (Phi) is 5.00. The number of hydrogen-bond donors (Lipinski definition) is 1. The van der Waals surface area contributed by atoms with Crippen molar-refractivity contribution >= 4 is 23.1 Å². The van der Waals surface area contributed by atoms with E-state index in [1.54, 1.807) is 6.20 Å². The summed E-state index contributed by atoms with van der Waals surface area (Å²) in [7, 11) is 0. The van der Waals surface area contributed by atoms with Gasteiger partial charge in [-0.1, -0.05) is 48.5 Å². The third kappa shape index (κ3) is 3.96. The quantitative estimate of drug-likeness (QED) is 0.468. The Labute approximate surface area is 176 Å². The van der Waals surface area contributed by atoms with E-state index < -0.39 is 0 Å². The SMILES string of the molecule is c1ccc(COc2ccc(Nc3nccc(N4CCc5ccccc54)n3)cc2)cc1. The molecule has 0 bridgehead atoms. The Balaban J connectivity index is 1.26. The van der Waals surface area contributed by atoms with Crippen LogP contribution in [-0.4, -0.2) is 16.5 Å². The highest BCUT2D eigenvalue weighted by molar-refractivity contribution is 5.68. The lowest BCUT2D eigenvalue weighted by molar-refractivity contribution is 0.306. The van der Waals surface area contributed by atoms with E-state index in [1.165, 1.54) is 11.3 Å². The number of benzene rings is 3. The smallest absolute Gasteiger partial charge is 0.229 e. The Bertz CT molecular complexity index is 1130. The Hall–Kier alpha value is -3.86. The topological polar surface area (TPSA) is 50.3 Å². The monoisotopic (exact) mass is 394 g/mol. The predicted molar refractivity (Wildman–Crippen MR) is 120 cm³/mol. The summed E-state index contributed by atoms with van der Waals surface area (Å²) < 4.78 is 5.85. The van der Waals surface area contributed by atoms with Gasteiger partial charge in [-0.2, -0.15) is 4.98 Å². The fourth-order valence-corrected chi connectivity index (χ4v) is 3.64. The largest absolute Gasteiger partial charge is 0.489 e. The summed E-state index contributed by atoms with van der Waals surface area (Å²) in [6, 6.07) is 28.4. The number of rotatable bonds is 6. The molecule has 5 rings (SSSR count). The van der Waals surface area contributed by atoms with Crippen LogP contribution in [0, 0.1) is 0 Å². The molecule has 148 valence electrons. The molecule has 0 amide bonds. The molecule has 30 heavy (non-hydrogen) atoms. The Morgan fingerprint density at radius 1 is 0.867 bits per heavy atom. The first kappa shape index (κ1) is 18.2. The van der Waals surface area contributed by atoms with Crippen LogP contribution in [0.15, 0.2) is 91.1 Å². The van der Waals surface area contributed by atoms with E-state index in [1.807, 2.05) is 48.5 Å². The molecule has 3 aromatic carbocycles. The van der Waals surface area contributed by atoms with E-state index in [0.29, 0.717) is 12.6 Å². The van der Waals surface area contributed by atoms with Gasteiger partial charge in [0.1, 0.15) is 18.2 Å². The number of fused-ring (bicyclic) bond motifs is 1. The molecule has 5 nitrogen and oxygen atoms in total. The standard InChI is InChI=1S/C25H22N4O/c1-2-6-19(7-3-1)18-30-22-12-10-21(11-13-22)27-25-26-16-14-24(28-25)29-17-15-20-8-4-5-9-23(20)29/h1-14,16H,15,17-18H2,(H,26,27,28). The first-order valence-electron chi connectivity index (χ1n) is 10.1. The van der Waals surface area contributed by atoms with E-state index >= 15 is 0 Å². The summed E-state index contributed by atoms with van der Waals surface area (Å²) in [5.41, 5.74) is 4.65. The van der Waals surface area contributed by atoms with Crippen LogP contribution in [0.5, 0.6) is 5.75 Å². The Morgan fingerprint density at radius 2 is 1.67 bits per heavy atom. The zero-order valence-electron chi connectivity index (χ0n) is 16.5. The second kappa shape index (κ2) is 8.25. The minimum atomic E-state index is 0.552. The first-order chi connectivity index (χ1) is 14.8. The van der Waals surface area contributed by atoms with E-state index in [4.69, 9.17) is 9.72 Å². The van der Waals surface area contributed by atoms with Crippen molar-refractivity contribution in [2.24, 2.45) is 0 Å². The van der Waals surface area contributed by atoms with E-state index in [2.05, 4.69) is 51.6 Å². The van der Waals surface area contributed by atoms with Gasteiger partial charge in [0, 0.05) is 24.1 Å². The van der Waals surface area contributed by atoms with Gasteiger partial charge in [-0.15, -0.1) is 0 Å². The maximum absolute atomic E-state index is 5.85. The van der Waals surface area contributed by atoms with E-state index in [0.717, 1.165) is 35.8 Å². The molecule has 0 fully saturated rings. The number of aromatic nitrogens is 2. The third-order valence-corrected chi connectivity index (χ3v) is 5.16. The maximum Gasteiger partial charge on any atom is 0.229 e. The minimum Gasteiger partial charge on any atom is -0.489 e. The van der Waals surface area contributed by atoms with Crippen LogP contribution in [0.4, 0.5) is 23.1 Å². The van der Waals surface area contributed by atoms with Crippen molar-refractivity contribution in [3.05, 3.63) is 102 Å². The summed E-state index contributed by atoms with van der Waals surface area (Å²) in [6.45, 7) is 1.49. The van der Waals surface area contributed by atoms with Gasteiger partial charge in [0.15, 0.2) is 0 Å². The highest BCUT2D eigenvalue weighted by Gasteiger charge is 2.21. The third-order valence-electron chi connectivity index (χ3n) is 5.16. The number of nitrogens with one attached hydrogen (secondary N) is 1. The number of anilines is 4. The highest BCUT2D eigenvalue weighted by atomic mass is 16.5. The van der Waals surface area contributed by atoms with Gasteiger partial charge in [-0.3, -0.25) is 0 Å². The average molecular weight is 394 g/mol. The molecule has 0 saturated carbocycles. The molecule has 1 N–H and O–H groups in total. The minimum absolute atomic E-state index is 0.552. The molecule has 4 aromatic rings. The summed E-state index contributed by atoms with van der Waals surface area (Å²) in [6.07, 6.45) is 2.83. The normalized spacial score (nSPS) is 12.5. The van der Waals surface area contributed by atoms with Gasteiger partial charge < -0.3 is 15.0 Å². The van der Waals surface area contributed by atoms with E-state index in [9.17, 15) is 0 Å². The van der Waals surface area contributed by atoms with E-state index in [-0.39, 0.29) is 0 Å². The van der Waals surface area contributed by atoms with Crippen LogP contribution in [0.1, 0.15) is 11.1 Å². The fraction of sp³-hybridized carbons (Fsp3) is 0.120. The summed E-state index contributed by atoms with van der Waals surface area (Å²) in [5, 5.41) is 3.29. The van der Waals surface area contributed by atoms with Crippen molar-refractivity contribution < 1.29 is 4.74 Å². The molecule has 0 atom stereocenters. The molecule has 0 spiro atoms. The van der Waals surface area contributed by atoms with Crippen LogP contribution >= 0.6 is 0 Å². The molecule has 5 heteroatoms. The molecule has 0 unspecified atom stereocenters. The number of hydrogen-bond acceptors (Lipinski definition) is 5. The maximum atomic E-state index is 5.85. The zero-order chi connectivity index (χ0) is 20.2. The van der Waals surface area contributed by atoms with Crippen molar-refractivity contribution in [3.63, 3.8) is 0 Å². The van der Waals surface area contributed by atoms with Crippen LogP contribution in [0.3, 0.4) is 0 Å². The zero-order valence-corrected chi connectivity index (χ0v) is 16.5. The fourth-order valence-electron chi connectivity index (χ4n) is 3.64. The molecule has 0 radical (unpaired) electrons.